The molecule has 2 N–H and O–H groups in total. The van der Waals surface area contributed by atoms with Gasteiger partial charge in [-0.25, -0.2) is 0 Å². The lowest BCUT2D eigenvalue weighted by Crippen LogP contribution is -2.41. The van der Waals surface area contributed by atoms with Crippen molar-refractivity contribution < 1.29 is 14.4 Å². The fraction of sp³-hybridized carbons (Fsp3) is 0.350. The Balaban J connectivity index is 0.00000210. The zero-order valence-corrected chi connectivity index (χ0v) is 15.7. The Bertz CT molecular complexity index is 842. The molecule has 0 radical (unpaired) electrons. The molecule has 2 aromatic rings. The maximum atomic E-state index is 12.8. The molecule has 4 rings (SSSR count). The highest BCUT2D eigenvalue weighted by molar-refractivity contribution is 6.25. The Morgan fingerprint density at radius 2 is 1.78 bits per heavy atom. The number of nitrogens with zero attached hydrogens (tertiary/aromatic N) is 1. The topological polar surface area (TPSA) is 78.5 Å². The van der Waals surface area contributed by atoms with Crippen LogP contribution in [0.1, 0.15) is 40.0 Å². The van der Waals surface area contributed by atoms with E-state index in [9.17, 15) is 14.4 Å². The molecule has 142 valence electrons. The quantitative estimate of drug-likeness (QED) is 0.770. The molecular formula is C20H22ClN3O3. The van der Waals surface area contributed by atoms with Gasteiger partial charge in [0.15, 0.2) is 0 Å². The molecule has 2 aliphatic heterocycles. The molecule has 1 saturated heterocycles. The van der Waals surface area contributed by atoms with Crippen LogP contribution in [0.25, 0.3) is 10.8 Å². The first-order valence-corrected chi connectivity index (χ1v) is 9.03. The first kappa shape index (κ1) is 19.3. The molecule has 0 aromatic heterocycles. The third-order valence-corrected chi connectivity index (χ3v) is 5.07. The molecule has 2 aromatic carbocycles. The third-order valence-electron chi connectivity index (χ3n) is 5.07. The molecule has 1 fully saturated rings. The molecule has 0 spiro atoms. The second kappa shape index (κ2) is 8.06. The number of imide groups is 1. The smallest absolute Gasteiger partial charge is 0.261 e. The van der Waals surface area contributed by atoms with Crippen molar-refractivity contribution >= 4 is 40.9 Å². The van der Waals surface area contributed by atoms with Gasteiger partial charge in [0.05, 0.1) is 0 Å². The van der Waals surface area contributed by atoms with Crippen molar-refractivity contribution in [1.82, 2.24) is 15.5 Å². The molecule has 1 unspecified atom stereocenters. The van der Waals surface area contributed by atoms with Gasteiger partial charge in [0.2, 0.25) is 5.91 Å². The Morgan fingerprint density at radius 3 is 2.37 bits per heavy atom. The van der Waals surface area contributed by atoms with Gasteiger partial charge in [0.25, 0.3) is 11.8 Å². The largest absolute Gasteiger partial charge is 0.352 e. The van der Waals surface area contributed by atoms with Gasteiger partial charge in [0.1, 0.15) is 0 Å². The Kier molecular flexibility index (Phi) is 5.77. The summed E-state index contributed by atoms with van der Waals surface area (Å²) in [6, 6.07) is 11.2. The van der Waals surface area contributed by atoms with Gasteiger partial charge in [-0.15, -0.1) is 12.4 Å². The third kappa shape index (κ3) is 3.68. The van der Waals surface area contributed by atoms with Crippen LogP contribution in [0.2, 0.25) is 0 Å². The van der Waals surface area contributed by atoms with E-state index < -0.39 is 0 Å². The standard InChI is InChI=1S/C20H21N3O3.ClH/c24-17(22-14-9-10-21-12-14)8-3-11-23-19(25)15-6-1-4-13-5-2-7-16(18(13)15)20(23)26;/h1-2,4-7,14,21H,3,8-12H2,(H,22,24);1H. The molecule has 0 aliphatic carbocycles. The van der Waals surface area contributed by atoms with Gasteiger partial charge in [-0.1, -0.05) is 24.3 Å². The van der Waals surface area contributed by atoms with E-state index in [0.717, 1.165) is 30.3 Å². The van der Waals surface area contributed by atoms with Crippen LogP contribution in [0.15, 0.2) is 36.4 Å². The fourth-order valence-electron chi connectivity index (χ4n) is 3.76. The van der Waals surface area contributed by atoms with E-state index in [1.807, 2.05) is 24.3 Å². The van der Waals surface area contributed by atoms with E-state index in [0.29, 0.717) is 24.0 Å². The van der Waals surface area contributed by atoms with Gasteiger partial charge in [-0.3, -0.25) is 19.3 Å². The summed E-state index contributed by atoms with van der Waals surface area (Å²) in [4.78, 5) is 38.8. The van der Waals surface area contributed by atoms with Crippen LogP contribution in [0.3, 0.4) is 0 Å². The summed E-state index contributed by atoms with van der Waals surface area (Å²) in [5, 5.41) is 7.81. The van der Waals surface area contributed by atoms with Crippen molar-refractivity contribution in [3.8, 4) is 0 Å². The maximum Gasteiger partial charge on any atom is 0.261 e. The summed E-state index contributed by atoms with van der Waals surface area (Å²) < 4.78 is 0. The molecule has 2 aliphatic rings. The molecule has 6 nitrogen and oxygen atoms in total. The van der Waals surface area contributed by atoms with E-state index in [-0.39, 0.29) is 42.7 Å². The predicted octanol–water partition coefficient (Wildman–Crippen LogP) is 2.12. The lowest BCUT2D eigenvalue weighted by molar-refractivity contribution is -0.121. The maximum absolute atomic E-state index is 12.8. The molecule has 0 bridgehead atoms. The highest BCUT2D eigenvalue weighted by Gasteiger charge is 2.32. The van der Waals surface area contributed by atoms with Gasteiger partial charge in [0, 0.05) is 42.1 Å². The number of hydrogen-bond acceptors (Lipinski definition) is 4. The molecule has 2 heterocycles. The summed E-state index contributed by atoms with van der Waals surface area (Å²) in [7, 11) is 0. The monoisotopic (exact) mass is 387 g/mol. The highest BCUT2D eigenvalue weighted by Crippen LogP contribution is 2.29. The van der Waals surface area contributed by atoms with Crippen LogP contribution in [-0.2, 0) is 4.79 Å². The Hall–Kier alpha value is -2.44. The fourth-order valence-corrected chi connectivity index (χ4v) is 3.76. The van der Waals surface area contributed by atoms with Crippen LogP contribution < -0.4 is 10.6 Å². The number of rotatable bonds is 5. The number of carbonyl (C=O) groups is 3. The minimum atomic E-state index is -0.278. The lowest BCUT2D eigenvalue weighted by atomic mass is 9.94. The number of amides is 3. The average molecular weight is 388 g/mol. The van der Waals surface area contributed by atoms with Crippen molar-refractivity contribution in [2.45, 2.75) is 25.3 Å². The normalized spacial score (nSPS) is 18.5. The number of halogens is 1. The number of benzene rings is 2. The van der Waals surface area contributed by atoms with E-state index in [1.165, 1.54) is 4.90 Å². The second-order valence-electron chi connectivity index (χ2n) is 6.83. The Morgan fingerprint density at radius 1 is 1.11 bits per heavy atom. The summed E-state index contributed by atoms with van der Waals surface area (Å²) in [5.74, 6) is -0.586. The predicted molar refractivity (Wildman–Crippen MR) is 105 cm³/mol. The summed E-state index contributed by atoms with van der Waals surface area (Å²) in [6.45, 7) is 1.97. The van der Waals surface area contributed by atoms with E-state index in [1.54, 1.807) is 12.1 Å². The minimum absolute atomic E-state index is 0. The number of hydrogen-bond donors (Lipinski definition) is 2. The van der Waals surface area contributed by atoms with Crippen LogP contribution >= 0.6 is 12.4 Å². The van der Waals surface area contributed by atoms with Crippen molar-refractivity contribution in [1.29, 1.82) is 0 Å². The van der Waals surface area contributed by atoms with Crippen LogP contribution in [0, 0.1) is 0 Å². The summed E-state index contributed by atoms with van der Waals surface area (Å²) >= 11 is 0. The molecule has 3 amide bonds. The second-order valence-corrected chi connectivity index (χ2v) is 6.83. The van der Waals surface area contributed by atoms with E-state index in [4.69, 9.17) is 0 Å². The molecule has 1 atom stereocenters. The van der Waals surface area contributed by atoms with Crippen molar-refractivity contribution in [2.24, 2.45) is 0 Å². The van der Waals surface area contributed by atoms with Gasteiger partial charge in [-0.2, -0.15) is 0 Å². The lowest BCUT2D eigenvalue weighted by Gasteiger charge is -2.27. The molecule has 27 heavy (non-hydrogen) atoms. The minimum Gasteiger partial charge on any atom is -0.352 e. The number of carbonyl (C=O) groups excluding carboxylic acids is 3. The SMILES string of the molecule is Cl.O=C(CCCN1C(=O)c2cccc3cccc(c23)C1=O)NC1CCNC1. The van der Waals surface area contributed by atoms with Crippen molar-refractivity contribution in [2.75, 3.05) is 19.6 Å². The first-order chi connectivity index (χ1) is 12.6. The zero-order chi connectivity index (χ0) is 18.1. The Labute approximate surface area is 163 Å². The van der Waals surface area contributed by atoms with Gasteiger partial charge < -0.3 is 10.6 Å². The first-order valence-electron chi connectivity index (χ1n) is 9.03. The number of nitrogens with one attached hydrogen (secondary N) is 2. The summed E-state index contributed by atoms with van der Waals surface area (Å²) in [6.07, 6.45) is 1.70. The van der Waals surface area contributed by atoms with Crippen molar-refractivity contribution in [3.63, 3.8) is 0 Å². The van der Waals surface area contributed by atoms with E-state index in [2.05, 4.69) is 10.6 Å². The molecule has 0 saturated carbocycles. The zero-order valence-electron chi connectivity index (χ0n) is 14.9. The van der Waals surface area contributed by atoms with Crippen LogP contribution in [0.4, 0.5) is 0 Å². The van der Waals surface area contributed by atoms with Crippen LogP contribution in [0.5, 0.6) is 0 Å². The van der Waals surface area contributed by atoms with Gasteiger partial charge >= 0.3 is 0 Å². The highest BCUT2D eigenvalue weighted by atomic mass is 35.5. The molecule has 7 heteroatoms. The van der Waals surface area contributed by atoms with E-state index >= 15 is 0 Å². The van der Waals surface area contributed by atoms with Crippen LogP contribution in [-0.4, -0.2) is 48.3 Å². The average Bonchev–Trinajstić information content (AvgIpc) is 3.15. The van der Waals surface area contributed by atoms with Gasteiger partial charge in [-0.05, 0) is 36.9 Å². The summed E-state index contributed by atoms with van der Waals surface area (Å²) in [5.41, 5.74) is 1.11. The van der Waals surface area contributed by atoms with Crippen molar-refractivity contribution in [3.05, 3.63) is 47.5 Å². The molecular weight excluding hydrogens is 366 g/mol.